The van der Waals surface area contributed by atoms with Crippen LogP contribution in [-0.2, 0) is 0 Å². The van der Waals surface area contributed by atoms with Crippen molar-refractivity contribution in [3.05, 3.63) is 48.4 Å². The second-order valence-corrected chi connectivity index (χ2v) is 7.25. The number of aliphatic hydroxyl groups excluding tert-OH is 1. The van der Waals surface area contributed by atoms with Crippen molar-refractivity contribution in [2.75, 3.05) is 19.0 Å². The third-order valence-corrected chi connectivity index (χ3v) is 5.44. The van der Waals surface area contributed by atoms with Crippen LogP contribution in [0, 0.1) is 5.92 Å². The summed E-state index contributed by atoms with van der Waals surface area (Å²) in [6, 6.07) is 9.29. The number of anilines is 1. The van der Waals surface area contributed by atoms with Crippen LogP contribution < -0.4 is 10.1 Å². The van der Waals surface area contributed by atoms with Crippen molar-refractivity contribution in [1.29, 1.82) is 0 Å². The maximum atomic E-state index is 12.5. The van der Waals surface area contributed by atoms with Crippen LogP contribution in [0.3, 0.4) is 0 Å². The molecule has 1 saturated carbocycles. The number of hydrogen-bond acceptors (Lipinski definition) is 5. The molecule has 0 unspecified atom stereocenters. The van der Waals surface area contributed by atoms with E-state index in [0.29, 0.717) is 29.1 Å². The fourth-order valence-corrected chi connectivity index (χ4v) is 3.80. The Morgan fingerprint density at radius 3 is 2.79 bits per heavy atom. The summed E-state index contributed by atoms with van der Waals surface area (Å²) >= 11 is 0. The van der Waals surface area contributed by atoms with Gasteiger partial charge in [-0.2, -0.15) is 5.10 Å². The number of carbonyl (C=O) groups is 1. The Kier molecular flexibility index (Phi) is 5.25. The topological polar surface area (TPSA) is 89.3 Å². The third-order valence-electron chi connectivity index (χ3n) is 5.44. The van der Waals surface area contributed by atoms with Gasteiger partial charge in [-0.15, -0.1) is 0 Å². The number of carbonyl (C=O) groups excluding carboxylic acids is 1. The summed E-state index contributed by atoms with van der Waals surface area (Å²) < 4.78 is 7.48. The zero-order valence-corrected chi connectivity index (χ0v) is 15.8. The van der Waals surface area contributed by atoms with Crippen LogP contribution in [0.1, 0.15) is 42.2 Å². The molecule has 0 aliphatic heterocycles. The number of fused-ring (bicyclic) bond motifs is 1. The largest absolute Gasteiger partial charge is 0.494 e. The van der Waals surface area contributed by atoms with E-state index >= 15 is 0 Å². The van der Waals surface area contributed by atoms with Crippen LogP contribution in [0.4, 0.5) is 5.69 Å². The van der Waals surface area contributed by atoms with Crippen LogP contribution in [0.15, 0.2) is 42.7 Å². The Labute approximate surface area is 163 Å². The third kappa shape index (κ3) is 3.71. The van der Waals surface area contributed by atoms with Gasteiger partial charge in [0.25, 0.3) is 5.91 Å². The first-order valence-electron chi connectivity index (χ1n) is 9.58. The second-order valence-electron chi connectivity index (χ2n) is 7.25. The molecule has 7 nitrogen and oxygen atoms in total. The van der Waals surface area contributed by atoms with Gasteiger partial charge < -0.3 is 15.2 Å². The smallest absolute Gasteiger partial charge is 0.274 e. The van der Waals surface area contributed by atoms with Gasteiger partial charge in [0.15, 0.2) is 0 Å². The van der Waals surface area contributed by atoms with Gasteiger partial charge in [0.1, 0.15) is 11.4 Å². The van der Waals surface area contributed by atoms with Crippen molar-refractivity contribution in [2.45, 2.75) is 31.7 Å². The lowest BCUT2D eigenvalue weighted by atomic mass is 9.87. The Morgan fingerprint density at radius 1 is 1.29 bits per heavy atom. The van der Waals surface area contributed by atoms with Gasteiger partial charge in [-0.25, -0.2) is 0 Å². The van der Waals surface area contributed by atoms with Crippen molar-refractivity contribution >= 4 is 22.5 Å². The summed E-state index contributed by atoms with van der Waals surface area (Å²) in [5, 5.41) is 17.9. The summed E-state index contributed by atoms with van der Waals surface area (Å²) in [7, 11) is 1.57. The van der Waals surface area contributed by atoms with Crippen LogP contribution in [-0.4, -0.2) is 39.5 Å². The van der Waals surface area contributed by atoms with E-state index in [1.54, 1.807) is 31.5 Å². The number of aromatic nitrogens is 3. The molecule has 1 fully saturated rings. The number of pyridine rings is 1. The normalized spacial score (nSPS) is 19.5. The Morgan fingerprint density at radius 2 is 2.11 bits per heavy atom. The molecule has 1 aromatic carbocycles. The quantitative estimate of drug-likeness (QED) is 0.708. The van der Waals surface area contributed by atoms with E-state index in [0.717, 1.165) is 36.6 Å². The summed E-state index contributed by atoms with van der Waals surface area (Å²) in [5.74, 6) is 0.689. The zero-order chi connectivity index (χ0) is 19.5. The van der Waals surface area contributed by atoms with E-state index in [1.165, 1.54) is 0 Å². The molecular weight excluding hydrogens is 356 g/mol. The highest BCUT2D eigenvalue weighted by molar-refractivity contribution is 6.04. The first-order valence-corrected chi connectivity index (χ1v) is 9.58. The standard InChI is InChI=1S/C21H24N4O3/c1-28-20-11-18-15(10-19(20)23-21(27)17-4-2-3-9-22-17)12-25(24-18)16-7-5-14(13-26)6-8-16/h2-4,9-12,14,16,26H,5-8,13H2,1H3,(H,23,27). The summed E-state index contributed by atoms with van der Waals surface area (Å²) in [4.78, 5) is 16.5. The Hall–Kier alpha value is -2.93. The molecule has 2 heterocycles. The molecule has 1 aliphatic rings. The minimum atomic E-state index is -0.284. The summed E-state index contributed by atoms with van der Waals surface area (Å²) in [6.07, 6.45) is 7.68. The highest BCUT2D eigenvalue weighted by Crippen LogP contribution is 2.34. The molecule has 2 N–H and O–H groups in total. The first-order chi connectivity index (χ1) is 13.7. The molecule has 7 heteroatoms. The lowest BCUT2D eigenvalue weighted by molar-refractivity contribution is 0.102. The van der Waals surface area contributed by atoms with Gasteiger partial charge in [-0.3, -0.25) is 14.5 Å². The average Bonchev–Trinajstić information content (AvgIpc) is 3.16. The van der Waals surface area contributed by atoms with E-state index in [-0.39, 0.29) is 12.5 Å². The number of methoxy groups -OCH3 is 1. The van der Waals surface area contributed by atoms with Gasteiger partial charge in [-0.05, 0) is 49.8 Å². The summed E-state index contributed by atoms with van der Waals surface area (Å²) in [6.45, 7) is 0.268. The minimum Gasteiger partial charge on any atom is -0.494 e. The molecule has 0 bridgehead atoms. The molecule has 1 aliphatic carbocycles. The molecule has 3 aromatic rings. The number of amides is 1. The molecular formula is C21H24N4O3. The molecule has 4 rings (SSSR count). The Bertz CT molecular complexity index is 962. The Balaban J connectivity index is 1.59. The molecule has 28 heavy (non-hydrogen) atoms. The number of benzene rings is 1. The van der Waals surface area contributed by atoms with E-state index in [9.17, 15) is 9.90 Å². The number of rotatable bonds is 5. The van der Waals surface area contributed by atoms with Crippen molar-refractivity contribution in [1.82, 2.24) is 14.8 Å². The number of nitrogens with zero attached hydrogens (tertiary/aromatic N) is 3. The average molecular weight is 380 g/mol. The van der Waals surface area contributed by atoms with E-state index < -0.39 is 0 Å². The SMILES string of the molecule is COc1cc2nn(C3CCC(CO)CC3)cc2cc1NC(=O)c1ccccn1. The van der Waals surface area contributed by atoms with Crippen molar-refractivity contribution < 1.29 is 14.6 Å². The van der Waals surface area contributed by atoms with Gasteiger partial charge >= 0.3 is 0 Å². The number of ether oxygens (including phenoxy) is 1. The predicted molar refractivity (Wildman–Crippen MR) is 107 cm³/mol. The van der Waals surface area contributed by atoms with Crippen LogP contribution in [0.2, 0.25) is 0 Å². The monoisotopic (exact) mass is 380 g/mol. The number of nitrogens with one attached hydrogen (secondary N) is 1. The lowest BCUT2D eigenvalue weighted by Crippen LogP contribution is -2.20. The van der Waals surface area contributed by atoms with Crippen molar-refractivity contribution in [3.8, 4) is 5.75 Å². The lowest BCUT2D eigenvalue weighted by Gasteiger charge is -2.27. The van der Waals surface area contributed by atoms with E-state index in [2.05, 4.69) is 10.3 Å². The molecule has 0 atom stereocenters. The van der Waals surface area contributed by atoms with Gasteiger partial charge in [-0.1, -0.05) is 6.07 Å². The number of hydrogen-bond donors (Lipinski definition) is 2. The molecule has 1 amide bonds. The fourth-order valence-electron chi connectivity index (χ4n) is 3.80. The molecule has 0 saturated heterocycles. The molecule has 146 valence electrons. The summed E-state index contributed by atoms with van der Waals surface area (Å²) in [5.41, 5.74) is 1.77. The predicted octanol–water partition coefficient (Wildman–Crippen LogP) is 3.42. The maximum Gasteiger partial charge on any atom is 0.274 e. The first kappa shape index (κ1) is 18.4. The van der Waals surface area contributed by atoms with Gasteiger partial charge in [0, 0.05) is 30.5 Å². The second kappa shape index (κ2) is 7.98. The van der Waals surface area contributed by atoms with Gasteiger partial charge in [0.2, 0.25) is 0 Å². The zero-order valence-electron chi connectivity index (χ0n) is 15.8. The van der Waals surface area contributed by atoms with E-state index in [1.807, 2.05) is 23.0 Å². The van der Waals surface area contributed by atoms with Crippen LogP contribution >= 0.6 is 0 Å². The fraction of sp³-hybridized carbons (Fsp3) is 0.381. The van der Waals surface area contributed by atoms with E-state index in [4.69, 9.17) is 9.84 Å². The van der Waals surface area contributed by atoms with Crippen molar-refractivity contribution in [3.63, 3.8) is 0 Å². The van der Waals surface area contributed by atoms with Crippen LogP contribution in [0.25, 0.3) is 10.9 Å². The highest BCUT2D eigenvalue weighted by Gasteiger charge is 2.23. The minimum absolute atomic E-state index is 0.268. The van der Waals surface area contributed by atoms with Crippen molar-refractivity contribution in [2.24, 2.45) is 5.92 Å². The number of aliphatic hydroxyl groups is 1. The molecule has 0 spiro atoms. The molecule has 0 radical (unpaired) electrons. The highest BCUT2D eigenvalue weighted by atomic mass is 16.5. The van der Waals surface area contributed by atoms with Gasteiger partial charge in [0.05, 0.1) is 24.4 Å². The van der Waals surface area contributed by atoms with Crippen LogP contribution in [0.5, 0.6) is 5.75 Å². The maximum absolute atomic E-state index is 12.5. The molecule has 2 aromatic heterocycles.